The zero-order chi connectivity index (χ0) is 16.9. The monoisotopic (exact) mass is 433 g/mol. The van der Waals surface area contributed by atoms with Crippen molar-refractivity contribution < 1.29 is 9.47 Å². The van der Waals surface area contributed by atoms with Crippen LogP contribution in [0, 0.1) is 3.57 Å². The van der Waals surface area contributed by atoms with Crippen molar-refractivity contribution in [3.05, 3.63) is 70.1 Å². The van der Waals surface area contributed by atoms with Crippen molar-refractivity contribution in [2.24, 2.45) is 0 Å². The van der Waals surface area contributed by atoms with E-state index in [4.69, 9.17) is 9.47 Å². The molecule has 3 aromatic rings. The van der Waals surface area contributed by atoms with Crippen molar-refractivity contribution in [3.63, 3.8) is 0 Å². The second-order valence-electron chi connectivity index (χ2n) is 5.58. The molecule has 0 aliphatic heterocycles. The maximum Gasteiger partial charge on any atom is 0.118 e. The number of aromatic nitrogens is 1. The van der Waals surface area contributed by atoms with E-state index in [1.165, 1.54) is 20.3 Å². The van der Waals surface area contributed by atoms with E-state index >= 15 is 0 Å². The molecule has 1 aromatic heterocycles. The second-order valence-corrected chi connectivity index (χ2v) is 6.75. The van der Waals surface area contributed by atoms with Gasteiger partial charge in [-0.2, -0.15) is 0 Å². The SMILES string of the molecule is COc1ccc(CCn2cc(I)c(-c3ccc(OC)cc3)c2)cc1. The molecule has 0 radical (unpaired) electrons. The summed E-state index contributed by atoms with van der Waals surface area (Å²) < 4.78 is 13.9. The van der Waals surface area contributed by atoms with Crippen molar-refractivity contribution in [1.82, 2.24) is 4.57 Å². The Balaban J connectivity index is 1.70. The minimum atomic E-state index is 0.882. The Morgan fingerprint density at radius 3 is 2.00 bits per heavy atom. The van der Waals surface area contributed by atoms with Crippen LogP contribution in [0.2, 0.25) is 0 Å². The Labute approximate surface area is 156 Å². The molecule has 0 saturated heterocycles. The smallest absolute Gasteiger partial charge is 0.118 e. The fraction of sp³-hybridized carbons (Fsp3) is 0.200. The summed E-state index contributed by atoms with van der Waals surface area (Å²) >= 11 is 2.40. The molecule has 0 spiro atoms. The van der Waals surface area contributed by atoms with Gasteiger partial charge < -0.3 is 14.0 Å². The zero-order valence-corrected chi connectivity index (χ0v) is 16.0. The van der Waals surface area contributed by atoms with Gasteiger partial charge in [-0.25, -0.2) is 0 Å². The number of rotatable bonds is 6. The number of aryl methyl sites for hydroxylation is 2. The third-order valence-corrected chi connectivity index (χ3v) is 4.91. The molecule has 124 valence electrons. The van der Waals surface area contributed by atoms with E-state index in [1.54, 1.807) is 14.2 Å². The Morgan fingerprint density at radius 2 is 1.42 bits per heavy atom. The van der Waals surface area contributed by atoms with Gasteiger partial charge in [-0.05, 0) is 64.4 Å². The summed E-state index contributed by atoms with van der Waals surface area (Å²) in [5, 5.41) is 0. The summed E-state index contributed by atoms with van der Waals surface area (Å²) in [7, 11) is 3.38. The van der Waals surface area contributed by atoms with Crippen LogP contribution in [0.15, 0.2) is 60.9 Å². The van der Waals surface area contributed by atoms with Gasteiger partial charge in [-0.3, -0.25) is 0 Å². The van der Waals surface area contributed by atoms with Crippen LogP contribution in [0.5, 0.6) is 11.5 Å². The average molecular weight is 433 g/mol. The quantitative estimate of drug-likeness (QED) is 0.510. The van der Waals surface area contributed by atoms with Crippen LogP contribution >= 0.6 is 22.6 Å². The molecule has 0 amide bonds. The topological polar surface area (TPSA) is 23.4 Å². The molecule has 2 aromatic carbocycles. The minimum Gasteiger partial charge on any atom is -0.497 e. The fourth-order valence-corrected chi connectivity index (χ4v) is 3.45. The molecule has 0 fully saturated rings. The van der Waals surface area contributed by atoms with Gasteiger partial charge in [0.15, 0.2) is 0 Å². The van der Waals surface area contributed by atoms with Crippen LogP contribution in [0.25, 0.3) is 11.1 Å². The molecular weight excluding hydrogens is 413 g/mol. The summed E-state index contributed by atoms with van der Waals surface area (Å²) in [6.07, 6.45) is 5.41. The number of nitrogens with zero attached hydrogens (tertiary/aromatic N) is 1. The van der Waals surface area contributed by atoms with Gasteiger partial charge in [0.2, 0.25) is 0 Å². The summed E-state index contributed by atoms with van der Waals surface area (Å²) in [4.78, 5) is 0. The molecular formula is C20H20INO2. The van der Waals surface area contributed by atoms with Crippen molar-refractivity contribution >= 4 is 22.6 Å². The highest BCUT2D eigenvalue weighted by Gasteiger charge is 2.07. The lowest BCUT2D eigenvalue weighted by atomic mass is 10.1. The zero-order valence-electron chi connectivity index (χ0n) is 13.8. The molecule has 3 rings (SSSR count). The molecule has 24 heavy (non-hydrogen) atoms. The highest BCUT2D eigenvalue weighted by molar-refractivity contribution is 14.1. The molecule has 0 atom stereocenters. The Kier molecular flexibility index (Phi) is 5.45. The highest BCUT2D eigenvalue weighted by atomic mass is 127. The molecule has 0 aliphatic rings. The molecule has 1 heterocycles. The molecule has 0 aliphatic carbocycles. The fourth-order valence-electron chi connectivity index (χ4n) is 2.64. The lowest BCUT2D eigenvalue weighted by molar-refractivity contribution is 0.414. The van der Waals surface area contributed by atoms with E-state index in [0.717, 1.165) is 24.5 Å². The Bertz CT molecular complexity index is 792. The normalized spacial score (nSPS) is 10.6. The largest absolute Gasteiger partial charge is 0.497 e. The number of benzene rings is 2. The average Bonchev–Trinajstić information content (AvgIpc) is 3.01. The molecule has 0 bridgehead atoms. The van der Waals surface area contributed by atoms with Crippen LogP contribution in [-0.2, 0) is 13.0 Å². The first kappa shape index (κ1) is 16.9. The van der Waals surface area contributed by atoms with E-state index < -0.39 is 0 Å². The van der Waals surface area contributed by atoms with E-state index in [9.17, 15) is 0 Å². The number of methoxy groups -OCH3 is 2. The molecule has 0 N–H and O–H groups in total. The third-order valence-electron chi connectivity index (χ3n) is 4.05. The van der Waals surface area contributed by atoms with Crippen molar-refractivity contribution in [1.29, 1.82) is 0 Å². The lowest BCUT2D eigenvalue weighted by Gasteiger charge is -2.05. The Hall–Kier alpha value is -1.95. The van der Waals surface area contributed by atoms with Crippen LogP contribution in [0.4, 0.5) is 0 Å². The van der Waals surface area contributed by atoms with Gasteiger partial charge in [-0.1, -0.05) is 24.3 Å². The first-order valence-corrected chi connectivity index (χ1v) is 8.90. The minimum absolute atomic E-state index is 0.882. The molecule has 0 saturated carbocycles. The maximum atomic E-state index is 5.23. The summed E-state index contributed by atoms with van der Waals surface area (Å²) in [6.45, 7) is 0.957. The van der Waals surface area contributed by atoms with E-state index in [2.05, 4.69) is 63.8 Å². The van der Waals surface area contributed by atoms with Gasteiger partial charge in [-0.15, -0.1) is 0 Å². The van der Waals surface area contributed by atoms with E-state index in [1.807, 2.05) is 24.3 Å². The molecule has 3 nitrogen and oxygen atoms in total. The maximum absolute atomic E-state index is 5.23. The third kappa shape index (κ3) is 3.93. The van der Waals surface area contributed by atoms with Crippen molar-refractivity contribution in [2.75, 3.05) is 14.2 Å². The van der Waals surface area contributed by atoms with Gasteiger partial charge in [0, 0.05) is 28.1 Å². The summed E-state index contributed by atoms with van der Waals surface area (Å²) in [6, 6.07) is 16.5. The van der Waals surface area contributed by atoms with Crippen LogP contribution < -0.4 is 9.47 Å². The first-order chi connectivity index (χ1) is 11.7. The second kappa shape index (κ2) is 7.75. The molecule has 0 unspecified atom stereocenters. The number of hydrogen-bond acceptors (Lipinski definition) is 2. The Morgan fingerprint density at radius 1 is 0.833 bits per heavy atom. The number of halogens is 1. The first-order valence-electron chi connectivity index (χ1n) is 7.82. The number of hydrogen-bond donors (Lipinski definition) is 0. The van der Waals surface area contributed by atoms with Crippen molar-refractivity contribution in [2.45, 2.75) is 13.0 Å². The van der Waals surface area contributed by atoms with E-state index in [0.29, 0.717) is 0 Å². The molecule has 4 heteroatoms. The summed E-state index contributed by atoms with van der Waals surface area (Å²) in [5.41, 5.74) is 3.78. The number of ether oxygens (including phenoxy) is 2. The van der Waals surface area contributed by atoms with Crippen molar-refractivity contribution in [3.8, 4) is 22.6 Å². The standard InChI is InChI=1S/C20H20INO2/c1-23-17-7-3-15(4-8-17)11-12-22-13-19(20(21)14-22)16-5-9-18(24-2)10-6-16/h3-10,13-14H,11-12H2,1-2H3. The predicted molar refractivity (Wildman–Crippen MR) is 106 cm³/mol. The predicted octanol–water partition coefficient (Wildman–Crippen LogP) is 5.02. The van der Waals surface area contributed by atoms with Gasteiger partial charge in [0.1, 0.15) is 11.5 Å². The van der Waals surface area contributed by atoms with Gasteiger partial charge >= 0.3 is 0 Å². The van der Waals surface area contributed by atoms with Crippen LogP contribution in [0.3, 0.4) is 0 Å². The highest BCUT2D eigenvalue weighted by Crippen LogP contribution is 2.28. The van der Waals surface area contributed by atoms with Gasteiger partial charge in [0.25, 0.3) is 0 Å². The van der Waals surface area contributed by atoms with Crippen LogP contribution in [0.1, 0.15) is 5.56 Å². The lowest BCUT2D eigenvalue weighted by Crippen LogP contribution is -1.98. The van der Waals surface area contributed by atoms with Crippen LogP contribution in [-0.4, -0.2) is 18.8 Å². The van der Waals surface area contributed by atoms with E-state index in [-0.39, 0.29) is 0 Å². The van der Waals surface area contributed by atoms with Gasteiger partial charge in [0.05, 0.1) is 14.2 Å². The summed E-state index contributed by atoms with van der Waals surface area (Å²) in [5.74, 6) is 1.78.